The molecule has 1 aromatic heterocycles. The van der Waals surface area contributed by atoms with E-state index in [1.807, 2.05) is 0 Å². The molecule has 1 rings (SSSR count). The van der Waals surface area contributed by atoms with Crippen molar-refractivity contribution >= 4 is 5.91 Å². The van der Waals surface area contributed by atoms with Gasteiger partial charge in [0.2, 0.25) is 0 Å². The van der Waals surface area contributed by atoms with E-state index in [0.717, 1.165) is 0 Å². The van der Waals surface area contributed by atoms with Crippen LogP contribution < -0.4 is 5.73 Å². The van der Waals surface area contributed by atoms with Crippen molar-refractivity contribution in [1.82, 2.24) is 4.98 Å². The highest BCUT2D eigenvalue weighted by molar-refractivity contribution is 5.92. The lowest BCUT2D eigenvalue weighted by Crippen LogP contribution is -2.16. The van der Waals surface area contributed by atoms with Gasteiger partial charge in [0.25, 0.3) is 12.3 Å². The summed E-state index contributed by atoms with van der Waals surface area (Å²) in [5.74, 6) is -4.83. The molecule has 76 valence electrons. The summed E-state index contributed by atoms with van der Waals surface area (Å²) < 4.78 is 49.5. The number of aromatic nitrogens is 1. The second kappa shape index (κ2) is 3.60. The van der Waals surface area contributed by atoms with Gasteiger partial charge in [0, 0.05) is 6.20 Å². The van der Waals surface area contributed by atoms with Crippen LogP contribution in [0.2, 0.25) is 0 Å². The van der Waals surface area contributed by atoms with E-state index in [-0.39, 0.29) is 0 Å². The molecule has 1 amide bonds. The zero-order valence-electron chi connectivity index (χ0n) is 6.60. The number of rotatable bonds is 2. The Morgan fingerprint density at radius 2 is 1.93 bits per heavy atom. The van der Waals surface area contributed by atoms with Gasteiger partial charge in [-0.1, -0.05) is 0 Å². The first-order valence-corrected chi connectivity index (χ1v) is 3.37. The Hall–Kier alpha value is -1.66. The highest BCUT2D eigenvalue weighted by atomic mass is 19.3. The molecule has 7 heteroatoms. The van der Waals surface area contributed by atoms with Crippen molar-refractivity contribution in [2.24, 2.45) is 5.73 Å². The minimum atomic E-state index is -3.24. The summed E-state index contributed by atoms with van der Waals surface area (Å²) in [6, 6.07) is 0. The Morgan fingerprint density at radius 3 is 2.36 bits per heavy atom. The number of hydrogen-bond acceptors (Lipinski definition) is 2. The maximum Gasteiger partial charge on any atom is 0.283 e. The van der Waals surface area contributed by atoms with Crippen LogP contribution in [-0.2, 0) is 0 Å². The zero-order valence-corrected chi connectivity index (χ0v) is 6.60. The minimum Gasteiger partial charge on any atom is -0.365 e. The highest BCUT2D eigenvalue weighted by Gasteiger charge is 2.23. The maximum atomic E-state index is 12.8. The summed E-state index contributed by atoms with van der Waals surface area (Å²) in [7, 11) is 0. The molecule has 1 heterocycles. The Labute approximate surface area is 75.5 Å². The number of nitrogens with zero attached hydrogens (tertiary/aromatic N) is 1. The number of nitrogens with two attached hydrogens (primary N) is 1. The molecule has 1 aromatic rings. The predicted molar refractivity (Wildman–Crippen MR) is 37.6 cm³/mol. The van der Waals surface area contributed by atoms with Gasteiger partial charge in [0.1, 0.15) is 5.69 Å². The van der Waals surface area contributed by atoms with E-state index < -0.39 is 35.2 Å². The SMILES string of the molecule is NC(=O)c1cnc(C(F)F)c(F)c1F. The highest BCUT2D eigenvalue weighted by Crippen LogP contribution is 2.22. The molecule has 0 spiro atoms. The Balaban J connectivity index is 3.33. The third-order valence-corrected chi connectivity index (χ3v) is 1.46. The minimum absolute atomic E-state index is 0.474. The standard InChI is InChI=1S/C7H4F4N2O/c8-3-2(7(12)14)1-13-5(4(3)9)6(10)11/h1,6H,(H2,12,14). The first-order valence-electron chi connectivity index (χ1n) is 3.37. The van der Waals surface area contributed by atoms with E-state index >= 15 is 0 Å². The Bertz CT molecular complexity index is 380. The number of alkyl halides is 2. The Morgan fingerprint density at radius 1 is 1.36 bits per heavy atom. The molecule has 0 aliphatic rings. The van der Waals surface area contributed by atoms with Gasteiger partial charge in [-0.3, -0.25) is 9.78 Å². The maximum absolute atomic E-state index is 12.8. The van der Waals surface area contributed by atoms with Crippen molar-refractivity contribution in [3.8, 4) is 0 Å². The van der Waals surface area contributed by atoms with Gasteiger partial charge in [-0.25, -0.2) is 17.6 Å². The summed E-state index contributed by atoms with van der Waals surface area (Å²) in [5, 5.41) is 0. The van der Waals surface area contributed by atoms with Crippen LogP contribution in [-0.4, -0.2) is 10.9 Å². The molecule has 0 aromatic carbocycles. The van der Waals surface area contributed by atoms with Gasteiger partial charge in [-0.2, -0.15) is 0 Å². The summed E-state index contributed by atoms with van der Waals surface area (Å²) in [5.41, 5.74) is 2.44. The number of carbonyl (C=O) groups is 1. The molecule has 0 unspecified atom stereocenters. The summed E-state index contributed by atoms with van der Waals surface area (Å²) in [6.07, 6.45) is -2.77. The molecule has 3 nitrogen and oxygen atoms in total. The van der Waals surface area contributed by atoms with Crippen LogP contribution in [0.4, 0.5) is 17.6 Å². The van der Waals surface area contributed by atoms with E-state index in [9.17, 15) is 22.4 Å². The number of primary amides is 1. The average Bonchev–Trinajstić information content (AvgIpc) is 2.08. The monoisotopic (exact) mass is 208 g/mol. The van der Waals surface area contributed by atoms with Crippen molar-refractivity contribution in [3.63, 3.8) is 0 Å². The van der Waals surface area contributed by atoms with Crippen LogP contribution in [0.5, 0.6) is 0 Å². The van der Waals surface area contributed by atoms with Crippen LogP contribution >= 0.6 is 0 Å². The van der Waals surface area contributed by atoms with Gasteiger partial charge in [0.15, 0.2) is 11.6 Å². The van der Waals surface area contributed by atoms with Gasteiger partial charge in [-0.15, -0.1) is 0 Å². The van der Waals surface area contributed by atoms with Gasteiger partial charge in [0.05, 0.1) is 5.56 Å². The van der Waals surface area contributed by atoms with E-state index in [2.05, 4.69) is 10.7 Å². The van der Waals surface area contributed by atoms with Crippen molar-refractivity contribution in [2.45, 2.75) is 6.43 Å². The molecule has 0 radical (unpaired) electrons. The van der Waals surface area contributed by atoms with Crippen LogP contribution in [0.15, 0.2) is 6.20 Å². The molecule has 0 aliphatic heterocycles. The fraction of sp³-hybridized carbons (Fsp3) is 0.143. The van der Waals surface area contributed by atoms with Crippen molar-refractivity contribution < 1.29 is 22.4 Å². The molecule has 0 saturated heterocycles. The lowest BCUT2D eigenvalue weighted by atomic mass is 10.2. The first kappa shape index (κ1) is 10.4. The summed E-state index contributed by atoms with van der Waals surface area (Å²) in [4.78, 5) is 13.3. The molecular formula is C7H4F4N2O. The lowest BCUT2D eigenvalue weighted by Gasteiger charge is -2.03. The van der Waals surface area contributed by atoms with Gasteiger partial charge in [-0.05, 0) is 0 Å². The van der Waals surface area contributed by atoms with Gasteiger partial charge >= 0.3 is 0 Å². The third kappa shape index (κ3) is 1.66. The van der Waals surface area contributed by atoms with Crippen LogP contribution in [0, 0.1) is 11.6 Å². The van der Waals surface area contributed by atoms with E-state index in [0.29, 0.717) is 6.20 Å². The molecule has 2 N–H and O–H groups in total. The van der Waals surface area contributed by atoms with Crippen molar-refractivity contribution in [1.29, 1.82) is 0 Å². The molecular weight excluding hydrogens is 204 g/mol. The average molecular weight is 208 g/mol. The fourth-order valence-electron chi connectivity index (χ4n) is 0.802. The molecule has 0 atom stereocenters. The lowest BCUT2D eigenvalue weighted by molar-refractivity contribution is 0.0992. The van der Waals surface area contributed by atoms with E-state index in [1.165, 1.54) is 0 Å². The van der Waals surface area contributed by atoms with E-state index in [1.54, 1.807) is 0 Å². The number of pyridine rings is 1. The molecule has 14 heavy (non-hydrogen) atoms. The number of hydrogen-bond donors (Lipinski definition) is 1. The fourth-order valence-corrected chi connectivity index (χ4v) is 0.802. The second-order valence-corrected chi connectivity index (χ2v) is 2.35. The molecule has 0 bridgehead atoms. The van der Waals surface area contributed by atoms with Crippen molar-refractivity contribution in [3.05, 3.63) is 29.1 Å². The number of halogens is 4. The Kier molecular flexibility index (Phi) is 2.68. The molecule has 0 aliphatic carbocycles. The zero-order chi connectivity index (χ0) is 10.9. The number of carbonyl (C=O) groups excluding carboxylic acids is 1. The summed E-state index contributed by atoms with van der Waals surface area (Å²) in [6.45, 7) is 0. The summed E-state index contributed by atoms with van der Waals surface area (Å²) >= 11 is 0. The molecule has 0 fully saturated rings. The third-order valence-electron chi connectivity index (χ3n) is 1.46. The van der Waals surface area contributed by atoms with Gasteiger partial charge < -0.3 is 5.73 Å². The molecule has 0 saturated carbocycles. The smallest absolute Gasteiger partial charge is 0.283 e. The van der Waals surface area contributed by atoms with E-state index in [4.69, 9.17) is 0 Å². The largest absolute Gasteiger partial charge is 0.365 e. The van der Waals surface area contributed by atoms with Crippen LogP contribution in [0.3, 0.4) is 0 Å². The quantitative estimate of drug-likeness (QED) is 0.746. The predicted octanol–water partition coefficient (Wildman–Crippen LogP) is 1.40. The second-order valence-electron chi connectivity index (χ2n) is 2.35. The van der Waals surface area contributed by atoms with Crippen LogP contribution in [0.25, 0.3) is 0 Å². The number of amides is 1. The van der Waals surface area contributed by atoms with Crippen LogP contribution in [0.1, 0.15) is 22.5 Å². The van der Waals surface area contributed by atoms with Crippen molar-refractivity contribution in [2.75, 3.05) is 0 Å². The first-order chi connectivity index (χ1) is 6.45. The normalized spacial score (nSPS) is 10.6. The topological polar surface area (TPSA) is 56.0 Å².